The molecule has 2 aromatic carbocycles. The van der Waals surface area contributed by atoms with Crippen LogP contribution in [-0.2, 0) is 29.0 Å². The number of benzene rings is 2. The lowest BCUT2D eigenvalue weighted by molar-refractivity contribution is 0.0445. The number of amides is 1. The van der Waals surface area contributed by atoms with Crippen molar-refractivity contribution in [2.75, 3.05) is 58.1 Å². The molecule has 1 aromatic heterocycles. The first-order valence-electron chi connectivity index (χ1n) is 14.6. The van der Waals surface area contributed by atoms with Crippen molar-refractivity contribution in [3.05, 3.63) is 65.1 Å². The van der Waals surface area contributed by atoms with E-state index in [1.165, 1.54) is 11.5 Å². The zero-order valence-corrected chi connectivity index (χ0v) is 23.7. The molecule has 8 heteroatoms. The Bertz CT molecular complexity index is 1320. The van der Waals surface area contributed by atoms with Gasteiger partial charge < -0.3 is 28.6 Å². The molecule has 40 heavy (non-hydrogen) atoms. The zero-order chi connectivity index (χ0) is 27.5. The van der Waals surface area contributed by atoms with E-state index >= 15 is 0 Å². The lowest BCUT2D eigenvalue weighted by atomic mass is 9.98. The van der Waals surface area contributed by atoms with Crippen LogP contribution in [-0.4, -0.2) is 73.5 Å². The quantitative estimate of drug-likeness (QED) is 0.409. The summed E-state index contributed by atoms with van der Waals surface area (Å²) in [5.74, 6) is 2.35. The molecule has 3 aromatic rings. The lowest BCUT2D eigenvalue weighted by Gasteiger charge is -2.34. The molecule has 0 saturated carbocycles. The number of methoxy groups -OCH3 is 1. The highest BCUT2D eigenvalue weighted by Crippen LogP contribution is 2.32. The summed E-state index contributed by atoms with van der Waals surface area (Å²) in [7, 11) is 1.66. The van der Waals surface area contributed by atoms with Gasteiger partial charge in [-0.2, -0.15) is 0 Å². The van der Waals surface area contributed by atoms with E-state index in [4.69, 9.17) is 19.2 Å². The first kappa shape index (κ1) is 26.8. The van der Waals surface area contributed by atoms with Crippen LogP contribution in [0.3, 0.4) is 0 Å². The van der Waals surface area contributed by atoms with Gasteiger partial charge in [-0.25, -0.2) is 4.98 Å². The van der Waals surface area contributed by atoms with Crippen molar-refractivity contribution in [3.63, 3.8) is 0 Å². The third kappa shape index (κ3) is 5.74. The fraction of sp³-hybridized carbons (Fsp3) is 0.500. The topological polar surface area (TPSA) is 69.1 Å². The molecule has 0 aliphatic carbocycles. The van der Waals surface area contributed by atoms with E-state index in [2.05, 4.69) is 33.9 Å². The standard InChI is InChI=1S/C32H40N4O4/c1-23-5-6-26(19-30(23)38-2)32(37)36(20-24-9-14-39-15-10-24)21-27-18-25(28-22-35-11-3-4-31(35)33-28)7-8-29(27)34-12-16-40-17-13-34/h5-8,18-19,22,24H,3-4,9-17,20-21H2,1-2H3. The van der Waals surface area contributed by atoms with Crippen LogP contribution >= 0.6 is 0 Å². The second kappa shape index (κ2) is 12.0. The maximum atomic E-state index is 14.1. The second-order valence-electron chi connectivity index (χ2n) is 11.2. The summed E-state index contributed by atoms with van der Waals surface area (Å²) >= 11 is 0. The third-order valence-electron chi connectivity index (χ3n) is 8.51. The van der Waals surface area contributed by atoms with Gasteiger partial charge in [0.05, 0.1) is 26.0 Å². The molecule has 2 fully saturated rings. The molecule has 8 nitrogen and oxygen atoms in total. The van der Waals surface area contributed by atoms with E-state index in [0.717, 1.165) is 86.7 Å². The number of hydrogen-bond acceptors (Lipinski definition) is 6. The Kier molecular flexibility index (Phi) is 8.07. The fourth-order valence-corrected chi connectivity index (χ4v) is 6.18. The molecule has 4 heterocycles. The first-order valence-corrected chi connectivity index (χ1v) is 14.6. The van der Waals surface area contributed by atoms with Gasteiger partial charge in [-0.05, 0) is 67.5 Å². The highest BCUT2D eigenvalue weighted by atomic mass is 16.5. The van der Waals surface area contributed by atoms with Crippen molar-refractivity contribution in [1.29, 1.82) is 0 Å². The maximum Gasteiger partial charge on any atom is 0.254 e. The number of aromatic nitrogens is 2. The van der Waals surface area contributed by atoms with Crippen LogP contribution in [0.15, 0.2) is 42.6 Å². The molecule has 212 valence electrons. The van der Waals surface area contributed by atoms with Crippen molar-refractivity contribution in [1.82, 2.24) is 14.5 Å². The van der Waals surface area contributed by atoms with Crippen LogP contribution in [0.5, 0.6) is 5.75 Å². The number of carbonyl (C=O) groups is 1. The average Bonchev–Trinajstić information content (AvgIpc) is 3.61. The molecular weight excluding hydrogens is 504 g/mol. The first-order chi connectivity index (χ1) is 19.6. The predicted molar refractivity (Wildman–Crippen MR) is 155 cm³/mol. The fourth-order valence-electron chi connectivity index (χ4n) is 6.18. The molecule has 0 bridgehead atoms. The number of rotatable bonds is 8. The molecule has 3 aliphatic rings. The normalized spacial score (nSPS) is 17.6. The number of morpholine rings is 1. The average molecular weight is 545 g/mol. The summed E-state index contributed by atoms with van der Waals surface area (Å²) in [4.78, 5) is 23.5. The van der Waals surface area contributed by atoms with Gasteiger partial charge in [0.1, 0.15) is 11.6 Å². The minimum Gasteiger partial charge on any atom is -0.496 e. The number of carbonyl (C=O) groups excluding carboxylic acids is 1. The van der Waals surface area contributed by atoms with Crippen LogP contribution in [0.4, 0.5) is 5.69 Å². The Morgan fingerprint density at radius 3 is 2.62 bits per heavy atom. The highest BCUT2D eigenvalue weighted by molar-refractivity contribution is 5.95. The molecule has 2 saturated heterocycles. The van der Waals surface area contributed by atoms with E-state index in [1.54, 1.807) is 7.11 Å². The van der Waals surface area contributed by atoms with Gasteiger partial charge in [-0.3, -0.25) is 4.79 Å². The maximum absolute atomic E-state index is 14.1. The van der Waals surface area contributed by atoms with Gasteiger partial charge in [0.25, 0.3) is 5.91 Å². The predicted octanol–water partition coefficient (Wildman–Crippen LogP) is 4.72. The SMILES string of the molecule is COc1cc(C(=O)N(Cc2cc(-c3cn4c(n3)CCC4)ccc2N2CCOCC2)CC2CCOCC2)ccc1C. The van der Waals surface area contributed by atoms with Crippen LogP contribution in [0.1, 0.15) is 46.6 Å². The Morgan fingerprint density at radius 1 is 1.05 bits per heavy atom. The second-order valence-corrected chi connectivity index (χ2v) is 11.2. The van der Waals surface area contributed by atoms with Gasteiger partial charge in [0.2, 0.25) is 0 Å². The zero-order valence-electron chi connectivity index (χ0n) is 23.7. The van der Waals surface area contributed by atoms with Crippen LogP contribution < -0.4 is 9.64 Å². The number of imidazole rings is 1. The van der Waals surface area contributed by atoms with Crippen LogP contribution in [0.25, 0.3) is 11.3 Å². The van der Waals surface area contributed by atoms with E-state index < -0.39 is 0 Å². The molecule has 3 aliphatic heterocycles. The molecule has 1 amide bonds. The number of hydrogen-bond donors (Lipinski definition) is 0. The number of nitrogens with zero attached hydrogens (tertiary/aromatic N) is 4. The lowest BCUT2D eigenvalue weighted by Crippen LogP contribution is -2.39. The van der Waals surface area contributed by atoms with Crippen molar-refractivity contribution in [3.8, 4) is 17.0 Å². The summed E-state index contributed by atoms with van der Waals surface area (Å²) in [5.41, 5.74) is 6.10. The van der Waals surface area contributed by atoms with Gasteiger partial charge in [-0.1, -0.05) is 12.1 Å². The van der Waals surface area contributed by atoms with Crippen molar-refractivity contribution in [2.24, 2.45) is 5.92 Å². The Morgan fingerprint density at radius 2 is 1.85 bits per heavy atom. The molecule has 0 N–H and O–H groups in total. The Hall–Kier alpha value is -3.36. The Balaban J connectivity index is 1.36. The summed E-state index contributed by atoms with van der Waals surface area (Å²) in [6.07, 6.45) is 6.32. The molecule has 0 unspecified atom stereocenters. The third-order valence-corrected chi connectivity index (χ3v) is 8.51. The number of fused-ring (bicyclic) bond motifs is 1. The highest BCUT2D eigenvalue weighted by Gasteiger charge is 2.26. The number of ether oxygens (including phenoxy) is 3. The van der Waals surface area contributed by atoms with Gasteiger partial charge in [-0.15, -0.1) is 0 Å². The number of anilines is 1. The van der Waals surface area contributed by atoms with Gasteiger partial charge >= 0.3 is 0 Å². The van der Waals surface area contributed by atoms with E-state index in [0.29, 0.717) is 37.8 Å². The largest absolute Gasteiger partial charge is 0.496 e. The Labute approximate surface area is 236 Å². The monoisotopic (exact) mass is 544 g/mol. The molecule has 0 atom stereocenters. The van der Waals surface area contributed by atoms with Gasteiger partial charge in [0.15, 0.2) is 0 Å². The van der Waals surface area contributed by atoms with Crippen molar-refractivity contribution in [2.45, 2.75) is 45.7 Å². The smallest absolute Gasteiger partial charge is 0.254 e. The number of aryl methyl sites for hydroxylation is 3. The van der Waals surface area contributed by atoms with Crippen molar-refractivity contribution >= 4 is 11.6 Å². The van der Waals surface area contributed by atoms with Gasteiger partial charge in [0, 0.05) is 75.4 Å². The van der Waals surface area contributed by atoms with E-state index in [9.17, 15) is 4.79 Å². The molecule has 6 rings (SSSR count). The van der Waals surface area contributed by atoms with E-state index in [1.807, 2.05) is 30.0 Å². The summed E-state index contributed by atoms with van der Waals surface area (Å²) in [5, 5.41) is 0. The minimum atomic E-state index is 0.0316. The van der Waals surface area contributed by atoms with E-state index in [-0.39, 0.29) is 5.91 Å². The van der Waals surface area contributed by atoms with Crippen molar-refractivity contribution < 1.29 is 19.0 Å². The molecular formula is C32H40N4O4. The van der Waals surface area contributed by atoms with Crippen LogP contribution in [0, 0.1) is 12.8 Å². The minimum absolute atomic E-state index is 0.0316. The summed E-state index contributed by atoms with van der Waals surface area (Å²) in [6, 6.07) is 12.4. The summed E-state index contributed by atoms with van der Waals surface area (Å²) < 4.78 is 19.1. The molecule has 0 radical (unpaired) electrons. The summed E-state index contributed by atoms with van der Waals surface area (Å²) in [6.45, 7) is 8.88. The van der Waals surface area contributed by atoms with Crippen LogP contribution in [0.2, 0.25) is 0 Å². The molecule has 0 spiro atoms.